The minimum Gasteiger partial charge on any atom is -0.481 e. The van der Waals surface area contributed by atoms with Crippen LogP contribution in [0, 0.1) is 39.9 Å². The summed E-state index contributed by atoms with van der Waals surface area (Å²) >= 11 is 0. The van der Waals surface area contributed by atoms with Gasteiger partial charge < -0.3 is 40.1 Å². The van der Waals surface area contributed by atoms with Crippen molar-refractivity contribution in [1.82, 2.24) is 0 Å². The second-order valence-electron chi connectivity index (χ2n) is 16.6. The van der Waals surface area contributed by atoms with Crippen molar-refractivity contribution in [2.24, 2.45) is 39.9 Å². The van der Waals surface area contributed by atoms with E-state index < -0.39 is 54.0 Å². The molecule has 14 atom stereocenters. The minimum atomic E-state index is -1.46. The third-order valence-electron chi connectivity index (χ3n) is 13.1. The summed E-state index contributed by atoms with van der Waals surface area (Å²) in [5.74, 6) is -0.943. The van der Waals surface area contributed by atoms with Crippen LogP contribution in [0.5, 0.6) is 0 Å². The van der Waals surface area contributed by atoms with Crippen LogP contribution in [-0.2, 0) is 14.3 Å². The van der Waals surface area contributed by atoms with E-state index in [4.69, 9.17) is 9.47 Å². The highest BCUT2D eigenvalue weighted by atomic mass is 16.7. The third-order valence-corrected chi connectivity index (χ3v) is 13.1. The van der Waals surface area contributed by atoms with Gasteiger partial charge in [-0.15, -0.1) is 0 Å². The van der Waals surface area contributed by atoms with Crippen molar-refractivity contribution < 1.29 is 44.9 Å². The number of carboxylic acid groups (broad SMARTS) is 1. The van der Waals surface area contributed by atoms with Crippen LogP contribution in [0.2, 0.25) is 0 Å². The summed E-state index contributed by atoms with van der Waals surface area (Å²) in [6.45, 7) is 20.1. The maximum Gasteiger partial charge on any atom is 0.303 e. The first-order valence-corrected chi connectivity index (χ1v) is 16.9. The highest BCUT2D eigenvalue weighted by Crippen LogP contribution is 2.74. The van der Waals surface area contributed by atoms with Crippen molar-refractivity contribution in [2.45, 2.75) is 155 Å². The van der Waals surface area contributed by atoms with Crippen LogP contribution in [0.25, 0.3) is 0 Å². The number of aliphatic hydroxyl groups is 5. The second kappa shape index (κ2) is 12.6. The fraction of sp³-hybridized carbons (Fsp3) is 0.861. The Balaban J connectivity index is 1.80. The lowest BCUT2D eigenvalue weighted by molar-refractivity contribution is -0.327. The standard InChI is InChI=1S/C36H60O9/c1-20(2)22-11-17-34(7)25(33(22,6)16-13-26(37)38)19-24(45-31-30(41)29(40)28(39)21(3)44-31)27-23(12-18-35(27,34)8)36(9,43)15-10-14-32(4,5)42/h10,14,21-25,27-31,39-43H,1,11-13,15-19H2,2-9H3,(H,37,38)/b14-10+/t21-,22+,23+,24-,25?,27+,28-,29+,30-,31+,33+,34-,35-,36+/m1/s1. The van der Waals surface area contributed by atoms with Crippen molar-refractivity contribution in [3.8, 4) is 0 Å². The summed E-state index contributed by atoms with van der Waals surface area (Å²) in [5.41, 5.74) is -1.94. The predicted molar refractivity (Wildman–Crippen MR) is 171 cm³/mol. The van der Waals surface area contributed by atoms with E-state index in [1.54, 1.807) is 26.8 Å². The van der Waals surface area contributed by atoms with Gasteiger partial charge in [-0.2, -0.15) is 0 Å². The average molecular weight is 637 g/mol. The fourth-order valence-corrected chi connectivity index (χ4v) is 10.5. The summed E-state index contributed by atoms with van der Waals surface area (Å²) in [7, 11) is 0. The molecule has 6 N–H and O–H groups in total. The normalized spacial score (nSPS) is 46.8. The Hall–Kier alpha value is -1.33. The van der Waals surface area contributed by atoms with Crippen LogP contribution in [0.4, 0.5) is 0 Å². The molecule has 45 heavy (non-hydrogen) atoms. The molecule has 9 heteroatoms. The maximum atomic E-state index is 12.1. The molecule has 0 spiro atoms. The molecule has 0 aromatic rings. The Bertz CT molecular complexity index is 1130. The SMILES string of the molecule is C=C(C)[C@@H]1CC[C@]2(C)C(C[C@@H](O[C@@H]3O[C@H](C)[C@@H](O)[C@H](O)[C@H]3O)[C@@H]3[C@@H]([C@@](C)(O)C/C=C/C(C)(C)O)CC[C@]32C)[C@@]1(C)CCC(=O)O. The van der Waals surface area contributed by atoms with E-state index in [-0.39, 0.29) is 46.3 Å². The molecule has 0 aromatic heterocycles. The van der Waals surface area contributed by atoms with Crippen molar-refractivity contribution >= 4 is 5.97 Å². The summed E-state index contributed by atoms with van der Waals surface area (Å²) in [6.07, 6.45) is 1.91. The number of fused-ring (bicyclic) bond motifs is 3. The first-order chi connectivity index (χ1) is 20.6. The zero-order chi connectivity index (χ0) is 33.9. The fourth-order valence-electron chi connectivity index (χ4n) is 10.5. The summed E-state index contributed by atoms with van der Waals surface area (Å²) in [6, 6.07) is 0. The van der Waals surface area contributed by atoms with Gasteiger partial charge >= 0.3 is 5.97 Å². The van der Waals surface area contributed by atoms with Crippen LogP contribution in [0.15, 0.2) is 24.3 Å². The molecule has 1 unspecified atom stereocenters. The molecule has 9 nitrogen and oxygen atoms in total. The zero-order valence-corrected chi connectivity index (χ0v) is 28.7. The van der Waals surface area contributed by atoms with E-state index in [1.807, 2.05) is 19.9 Å². The quantitative estimate of drug-likeness (QED) is 0.149. The summed E-state index contributed by atoms with van der Waals surface area (Å²) in [5, 5.41) is 64.1. The van der Waals surface area contributed by atoms with Crippen molar-refractivity contribution in [2.75, 3.05) is 0 Å². The van der Waals surface area contributed by atoms with Crippen molar-refractivity contribution in [3.05, 3.63) is 24.3 Å². The van der Waals surface area contributed by atoms with Crippen LogP contribution in [-0.4, -0.2) is 84.6 Å². The molecule has 258 valence electrons. The van der Waals surface area contributed by atoms with E-state index in [2.05, 4.69) is 27.4 Å². The lowest BCUT2D eigenvalue weighted by atomic mass is 9.37. The van der Waals surface area contributed by atoms with Crippen LogP contribution in [0.3, 0.4) is 0 Å². The van der Waals surface area contributed by atoms with Gasteiger partial charge in [0.25, 0.3) is 0 Å². The molecule has 0 aromatic carbocycles. The van der Waals surface area contributed by atoms with Gasteiger partial charge in [0, 0.05) is 6.42 Å². The van der Waals surface area contributed by atoms with E-state index >= 15 is 0 Å². The van der Waals surface area contributed by atoms with E-state index in [0.717, 1.165) is 31.3 Å². The molecule has 4 fully saturated rings. The van der Waals surface area contributed by atoms with Gasteiger partial charge in [-0.25, -0.2) is 0 Å². The Labute approximate surface area is 269 Å². The highest BCUT2D eigenvalue weighted by Gasteiger charge is 2.70. The third kappa shape index (κ3) is 6.57. The molecule has 4 aliphatic rings. The highest BCUT2D eigenvalue weighted by molar-refractivity contribution is 5.66. The lowest BCUT2D eigenvalue weighted by Crippen LogP contribution is -2.65. The number of aliphatic hydroxyl groups excluding tert-OH is 3. The molecule has 1 saturated heterocycles. The molecule has 4 rings (SSSR count). The van der Waals surface area contributed by atoms with Gasteiger partial charge in [-0.3, -0.25) is 4.79 Å². The number of ether oxygens (including phenoxy) is 2. The Morgan fingerprint density at radius 2 is 1.64 bits per heavy atom. The number of rotatable bonds is 10. The monoisotopic (exact) mass is 636 g/mol. The topological polar surface area (TPSA) is 157 Å². The molecule has 0 amide bonds. The number of allylic oxidation sites excluding steroid dienone is 1. The molecule has 0 radical (unpaired) electrons. The Kier molecular flexibility index (Phi) is 10.2. The minimum absolute atomic E-state index is 0.0510. The lowest BCUT2D eigenvalue weighted by Gasteiger charge is -2.68. The molecule has 1 heterocycles. The van der Waals surface area contributed by atoms with Gasteiger partial charge in [0.15, 0.2) is 6.29 Å². The van der Waals surface area contributed by atoms with Crippen LogP contribution in [0.1, 0.15) is 107 Å². The van der Waals surface area contributed by atoms with Crippen LogP contribution < -0.4 is 0 Å². The molecule has 1 aliphatic heterocycles. The maximum absolute atomic E-state index is 12.1. The Morgan fingerprint density at radius 3 is 2.22 bits per heavy atom. The Morgan fingerprint density at radius 1 is 1.02 bits per heavy atom. The number of hydrogen-bond donors (Lipinski definition) is 6. The average Bonchev–Trinajstić information content (AvgIpc) is 3.30. The van der Waals surface area contributed by atoms with E-state index in [1.165, 1.54) is 0 Å². The summed E-state index contributed by atoms with van der Waals surface area (Å²) in [4.78, 5) is 11.9. The van der Waals surface area contributed by atoms with Gasteiger partial charge in [-0.05, 0) is 119 Å². The summed E-state index contributed by atoms with van der Waals surface area (Å²) < 4.78 is 12.7. The molecular weight excluding hydrogens is 576 g/mol. The van der Waals surface area contributed by atoms with Gasteiger partial charge in [0.2, 0.25) is 0 Å². The second-order valence-corrected chi connectivity index (χ2v) is 16.6. The van der Waals surface area contributed by atoms with E-state index in [0.29, 0.717) is 19.3 Å². The van der Waals surface area contributed by atoms with Gasteiger partial charge in [0.1, 0.15) is 18.3 Å². The predicted octanol–water partition coefficient (Wildman–Crippen LogP) is 4.58. The molecular formula is C36H60O9. The molecule has 3 saturated carbocycles. The zero-order valence-electron chi connectivity index (χ0n) is 28.7. The first-order valence-electron chi connectivity index (χ1n) is 16.9. The number of hydrogen-bond acceptors (Lipinski definition) is 8. The van der Waals surface area contributed by atoms with Crippen LogP contribution >= 0.6 is 0 Å². The van der Waals surface area contributed by atoms with Gasteiger partial charge in [-0.1, -0.05) is 45.1 Å². The largest absolute Gasteiger partial charge is 0.481 e. The number of carbonyl (C=O) groups is 1. The molecule has 0 bridgehead atoms. The smallest absolute Gasteiger partial charge is 0.303 e. The van der Waals surface area contributed by atoms with E-state index in [9.17, 15) is 35.4 Å². The first kappa shape index (κ1) is 36.5. The van der Waals surface area contributed by atoms with Gasteiger partial charge in [0.05, 0.1) is 23.4 Å². The number of carboxylic acids is 1. The molecule has 3 aliphatic carbocycles. The number of aliphatic carboxylic acids is 1. The van der Waals surface area contributed by atoms with Crippen molar-refractivity contribution in [3.63, 3.8) is 0 Å². The van der Waals surface area contributed by atoms with Crippen molar-refractivity contribution in [1.29, 1.82) is 0 Å².